The number of fused-ring (bicyclic) bond motifs is 1. The van der Waals surface area contributed by atoms with E-state index in [2.05, 4.69) is 17.1 Å². The van der Waals surface area contributed by atoms with Gasteiger partial charge >= 0.3 is 0 Å². The summed E-state index contributed by atoms with van der Waals surface area (Å²) in [6.07, 6.45) is 11.7. The maximum Gasteiger partial charge on any atom is 0.0124 e. The van der Waals surface area contributed by atoms with Crippen molar-refractivity contribution >= 4 is 0 Å². The molecule has 0 radical (unpaired) electrons. The lowest BCUT2D eigenvalue weighted by Crippen LogP contribution is -2.52. The Hall–Kier alpha value is -0.0800. The Bertz CT molecular complexity index is 268. The predicted octanol–water partition coefficient (Wildman–Crippen LogP) is 3.03. The van der Waals surface area contributed by atoms with Crippen LogP contribution in [0.25, 0.3) is 0 Å². The standard InChI is InChI=1S/C16H30N2/c1-16(8-10-17-11-9-16)13-18-12-4-6-14-5-2-3-7-15(14)18/h14-15,17H,2-13H2,1H3. The molecular formula is C16H30N2. The van der Waals surface area contributed by atoms with Crippen LogP contribution in [-0.4, -0.2) is 37.1 Å². The van der Waals surface area contributed by atoms with E-state index in [1.54, 1.807) is 0 Å². The second kappa shape index (κ2) is 5.50. The molecule has 0 aromatic carbocycles. The summed E-state index contributed by atoms with van der Waals surface area (Å²) < 4.78 is 0. The SMILES string of the molecule is CC1(CN2CCCC3CCCCC32)CCNCC1. The van der Waals surface area contributed by atoms with Gasteiger partial charge in [0.05, 0.1) is 0 Å². The topological polar surface area (TPSA) is 15.3 Å². The van der Waals surface area contributed by atoms with Gasteiger partial charge < -0.3 is 5.32 Å². The fourth-order valence-corrected chi connectivity index (χ4v) is 4.60. The van der Waals surface area contributed by atoms with Gasteiger partial charge in [-0.2, -0.15) is 0 Å². The first kappa shape index (κ1) is 12.9. The molecular weight excluding hydrogens is 220 g/mol. The van der Waals surface area contributed by atoms with Gasteiger partial charge in [0.1, 0.15) is 0 Å². The van der Waals surface area contributed by atoms with Gasteiger partial charge in [-0.05, 0) is 69.5 Å². The van der Waals surface area contributed by atoms with Crippen LogP contribution in [0.4, 0.5) is 0 Å². The molecule has 2 saturated heterocycles. The van der Waals surface area contributed by atoms with E-state index in [4.69, 9.17) is 0 Å². The lowest BCUT2D eigenvalue weighted by atomic mass is 9.75. The van der Waals surface area contributed by atoms with E-state index in [-0.39, 0.29) is 0 Å². The van der Waals surface area contributed by atoms with E-state index >= 15 is 0 Å². The van der Waals surface area contributed by atoms with Crippen molar-refractivity contribution in [1.82, 2.24) is 10.2 Å². The van der Waals surface area contributed by atoms with Crippen LogP contribution >= 0.6 is 0 Å². The van der Waals surface area contributed by atoms with Crippen molar-refractivity contribution < 1.29 is 0 Å². The molecule has 3 rings (SSSR count). The van der Waals surface area contributed by atoms with E-state index in [0.717, 1.165) is 12.0 Å². The molecule has 0 amide bonds. The molecule has 3 fully saturated rings. The van der Waals surface area contributed by atoms with Gasteiger partial charge in [-0.3, -0.25) is 4.90 Å². The molecule has 1 N–H and O–H groups in total. The van der Waals surface area contributed by atoms with Gasteiger partial charge in [-0.1, -0.05) is 19.8 Å². The second-order valence-corrected chi connectivity index (χ2v) is 7.29. The van der Waals surface area contributed by atoms with E-state index in [0.29, 0.717) is 5.41 Å². The van der Waals surface area contributed by atoms with Crippen molar-refractivity contribution in [3.05, 3.63) is 0 Å². The summed E-state index contributed by atoms with van der Waals surface area (Å²) in [5, 5.41) is 3.51. The summed E-state index contributed by atoms with van der Waals surface area (Å²) in [5.41, 5.74) is 0.588. The number of hydrogen-bond acceptors (Lipinski definition) is 2. The minimum absolute atomic E-state index is 0.588. The third-order valence-electron chi connectivity index (χ3n) is 5.75. The monoisotopic (exact) mass is 250 g/mol. The van der Waals surface area contributed by atoms with E-state index in [9.17, 15) is 0 Å². The summed E-state index contributed by atoms with van der Waals surface area (Å²) in [6.45, 7) is 7.75. The molecule has 2 unspecified atom stereocenters. The molecule has 0 bridgehead atoms. The minimum Gasteiger partial charge on any atom is -0.317 e. The quantitative estimate of drug-likeness (QED) is 0.810. The Labute approximate surface area is 113 Å². The molecule has 18 heavy (non-hydrogen) atoms. The molecule has 2 aliphatic heterocycles. The lowest BCUT2D eigenvalue weighted by molar-refractivity contribution is 0.0190. The minimum atomic E-state index is 0.588. The van der Waals surface area contributed by atoms with Gasteiger partial charge in [0.15, 0.2) is 0 Å². The molecule has 2 nitrogen and oxygen atoms in total. The van der Waals surface area contributed by atoms with Gasteiger partial charge in [-0.15, -0.1) is 0 Å². The van der Waals surface area contributed by atoms with Crippen LogP contribution in [-0.2, 0) is 0 Å². The van der Waals surface area contributed by atoms with Crippen molar-refractivity contribution in [2.24, 2.45) is 11.3 Å². The van der Waals surface area contributed by atoms with Crippen LogP contribution in [0, 0.1) is 11.3 Å². The molecule has 2 heterocycles. The average Bonchev–Trinajstić information content (AvgIpc) is 2.40. The van der Waals surface area contributed by atoms with Gasteiger partial charge in [-0.25, -0.2) is 0 Å². The predicted molar refractivity (Wildman–Crippen MR) is 76.8 cm³/mol. The zero-order valence-electron chi connectivity index (χ0n) is 12.1. The number of nitrogens with one attached hydrogen (secondary N) is 1. The lowest BCUT2D eigenvalue weighted by Gasteiger charge is -2.48. The van der Waals surface area contributed by atoms with Crippen molar-refractivity contribution in [3.8, 4) is 0 Å². The molecule has 1 aliphatic carbocycles. The number of nitrogens with zero attached hydrogens (tertiary/aromatic N) is 1. The van der Waals surface area contributed by atoms with E-state index in [1.165, 1.54) is 77.5 Å². The van der Waals surface area contributed by atoms with Crippen molar-refractivity contribution in [2.45, 2.75) is 64.3 Å². The normalized spacial score (nSPS) is 37.2. The highest BCUT2D eigenvalue weighted by Crippen LogP contribution is 2.38. The third-order valence-corrected chi connectivity index (χ3v) is 5.75. The second-order valence-electron chi connectivity index (χ2n) is 7.29. The first-order chi connectivity index (χ1) is 8.77. The van der Waals surface area contributed by atoms with Gasteiger partial charge in [0.2, 0.25) is 0 Å². The van der Waals surface area contributed by atoms with E-state index < -0.39 is 0 Å². The van der Waals surface area contributed by atoms with E-state index in [1.807, 2.05) is 0 Å². The van der Waals surface area contributed by atoms with Crippen molar-refractivity contribution in [3.63, 3.8) is 0 Å². The summed E-state index contributed by atoms with van der Waals surface area (Å²) in [5.74, 6) is 1.04. The molecule has 0 spiro atoms. The molecule has 3 aliphatic rings. The van der Waals surface area contributed by atoms with Crippen LogP contribution < -0.4 is 5.32 Å². The Balaban J connectivity index is 1.63. The number of likely N-dealkylation sites (tertiary alicyclic amines) is 1. The van der Waals surface area contributed by atoms with Crippen molar-refractivity contribution in [1.29, 1.82) is 0 Å². The maximum absolute atomic E-state index is 3.51. The number of rotatable bonds is 2. The largest absolute Gasteiger partial charge is 0.317 e. The molecule has 2 atom stereocenters. The fraction of sp³-hybridized carbons (Fsp3) is 1.00. The van der Waals surface area contributed by atoms with Crippen molar-refractivity contribution in [2.75, 3.05) is 26.2 Å². The molecule has 2 heteroatoms. The summed E-state index contributed by atoms with van der Waals surface area (Å²) in [4.78, 5) is 2.89. The highest BCUT2D eigenvalue weighted by Gasteiger charge is 2.37. The van der Waals surface area contributed by atoms with Gasteiger partial charge in [0.25, 0.3) is 0 Å². The molecule has 104 valence electrons. The third kappa shape index (κ3) is 2.75. The van der Waals surface area contributed by atoms with Crippen LogP contribution in [0.2, 0.25) is 0 Å². The van der Waals surface area contributed by atoms with Gasteiger partial charge in [0, 0.05) is 12.6 Å². The zero-order chi connectivity index (χ0) is 12.4. The fourth-order valence-electron chi connectivity index (χ4n) is 4.60. The Morgan fingerprint density at radius 3 is 2.61 bits per heavy atom. The zero-order valence-corrected chi connectivity index (χ0v) is 12.1. The Morgan fingerprint density at radius 1 is 1.06 bits per heavy atom. The number of hydrogen-bond donors (Lipinski definition) is 1. The smallest absolute Gasteiger partial charge is 0.0124 e. The average molecular weight is 250 g/mol. The van der Waals surface area contributed by atoms with Crippen LogP contribution in [0.3, 0.4) is 0 Å². The highest BCUT2D eigenvalue weighted by atomic mass is 15.2. The van der Waals surface area contributed by atoms with Crippen LogP contribution in [0.1, 0.15) is 58.3 Å². The first-order valence-electron chi connectivity index (χ1n) is 8.22. The molecule has 1 saturated carbocycles. The Kier molecular flexibility index (Phi) is 3.95. The molecule has 0 aromatic rings. The van der Waals surface area contributed by atoms with Crippen LogP contribution in [0.5, 0.6) is 0 Å². The van der Waals surface area contributed by atoms with Crippen LogP contribution in [0.15, 0.2) is 0 Å². The summed E-state index contributed by atoms with van der Waals surface area (Å²) >= 11 is 0. The Morgan fingerprint density at radius 2 is 1.78 bits per heavy atom. The highest BCUT2D eigenvalue weighted by molar-refractivity contribution is 4.91. The first-order valence-corrected chi connectivity index (χ1v) is 8.22. The number of piperidine rings is 2. The molecule has 0 aromatic heterocycles. The summed E-state index contributed by atoms with van der Waals surface area (Å²) in [6, 6.07) is 0.944. The summed E-state index contributed by atoms with van der Waals surface area (Å²) in [7, 11) is 0. The maximum atomic E-state index is 3.51.